The number of morpholine rings is 1. The van der Waals surface area contributed by atoms with Crippen molar-refractivity contribution in [1.29, 1.82) is 0 Å². The molecule has 1 heterocycles. The van der Waals surface area contributed by atoms with E-state index in [1.165, 1.54) is 0 Å². The summed E-state index contributed by atoms with van der Waals surface area (Å²) in [5, 5.41) is 8.62. The van der Waals surface area contributed by atoms with Crippen molar-refractivity contribution in [3.63, 3.8) is 0 Å². The van der Waals surface area contributed by atoms with Gasteiger partial charge in [-0.15, -0.1) is 0 Å². The van der Waals surface area contributed by atoms with E-state index in [1.807, 2.05) is 14.1 Å². The Bertz CT molecular complexity index is 294. The van der Waals surface area contributed by atoms with Crippen LogP contribution in [0.25, 0.3) is 0 Å². The van der Waals surface area contributed by atoms with Crippen LogP contribution < -0.4 is 0 Å². The van der Waals surface area contributed by atoms with Crippen LogP contribution in [0.15, 0.2) is 0 Å². The number of carbonyl (C=O) groups excluding carboxylic acids is 1. The molecule has 0 bridgehead atoms. The van der Waals surface area contributed by atoms with E-state index in [1.54, 1.807) is 4.90 Å². The summed E-state index contributed by atoms with van der Waals surface area (Å²) in [7, 11) is 3.99. The highest BCUT2D eigenvalue weighted by Crippen LogP contribution is 2.12. The quantitative estimate of drug-likeness (QED) is 0.697. The Morgan fingerprint density at radius 3 is 2.89 bits per heavy atom. The Labute approximate surface area is 107 Å². The van der Waals surface area contributed by atoms with Crippen LogP contribution in [0.2, 0.25) is 0 Å². The summed E-state index contributed by atoms with van der Waals surface area (Å²) in [6.07, 6.45) is 1.33. The normalized spacial score (nSPS) is 20.5. The van der Waals surface area contributed by atoms with E-state index < -0.39 is 5.97 Å². The zero-order valence-corrected chi connectivity index (χ0v) is 11.1. The average Bonchev–Trinajstić information content (AvgIpc) is 2.29. The number of hydrogen-bond donors (Lipinski definition) is 1. The standard InChI is InChI=1S/C12H22N2O4/c1-13(2)6-3-7-14-8-10(4-5-12(16)17)18-9-11(14)15/h10H,3-9H2,1-2H3,(H,16,17). The number of hydrogen-bond acceptors (Lipinski definition) is 4. The summed E-state index contributed by atoms with van der Waals surface area (Å²) in [5.74, 6) is -0.824. The molecular weight excluding hydrogens is 236 g/mol. The van der Waals surface area contributed by atoms with Crippen LogP contribution in [0, 0.1) is 0 Å². The maximum absolute atomic E-state index is 11.6. The number of amides is 1. The largest absolute Gasteiger partial charge is 0.481 e. The van der Waals surface area contributed by atoms with Gasteiger partial charge in [0.25, 0.3) is 0 Å². The monoisotopic (exact) mass is 258 g/mol. The molecular formula is C12H22N2O4. The average molecular weight is 258 g/mol. The van der Waals surface area contributed by atoms with Crippen LogP contribution in [0.1, 0.15) is 19.3 Å². The van der Waals surface area contributed by atoms with Crippen LogP contribution in [0.5, 0.6) is 0 Å². The predicted octanol–water partition coefficient (Wildman–Crippen LogP) is 0.0303. The van der Waals surface area contributed by atoms with Gasteiger partial charge in [0, 0.05) is 19.5 Å². The van der Waals surface area contributed by atoms with E-state index in [-0.39, 0.29) is 25.0 Å². The fraction of sp³-hybridized carbons (Fsp3) is 0.833. The highest BCUT2D eigenvalue weighted by Gasteiger charge is 2.26. The molecule has 0 aromatic rings. The first-order valence-corrected chi connectivity index (χ1v) is 6.25. The third-order valence-electron chi connectivity index (χ3n) is 2.93. The van der Waals surface area contributed by atoms with Crippen LogP contribution in [-0.4, -0.2) is 73.2 Å². The van der Waals surface area contributed by atoms with Crippen LogP contribution in [0.4, 0.5) is 0 Å². The number of ether oxygens (including phenoxy) is 1. The van der Waals surface area contributed by atoms with Gasteiger partial charge in [0.1, 0.15) is 6.61 Å². The lowest BCUT2D eigenvalue weighted by atomic mass is 10.1. The lowest BCUT2D eigenvalue weighted by Crippen LogP contribution is -2.47. The minimum absolute atomic E-state index is 0.000307. The molecule has 1 aliphatic rings. The van der Waals surface area contributed by atoms with Gasteiger partial charge in [-0.25, -0.2) is 0 Å². The molecule has 0 radical (unpaired) electrons. The van der Waals surface area contributed by atoms with Gasteiger partial charge in [-0.1, -0.05) is 0 Å². The van der Waals surface area contributed by atoms with Crippen molar-refractivity contribution in [2.45, 2.75) is 25.4 Å². The Kier molecular flexibility index (Phi) is 6.07. The topological polar surface area (TPSA) is 70.1 Å². The lowest BCUT2D eigenvalue weighted by Gasteiger charge is -2.32. The van der Waals surface area contributed by atoms with Gasteiger partial charge >= 0.3 is 5.97 Å². The molecule has 6 nitrogen and oxygen atoms in total. The van der Waals surface area contributed by atoms with Crippen LogP contribution in [-0.2, 0) is 14.3 Å². The fourth-order valence-corrected chi connectivity index (χ4v) is 1.93. The highest BCUT2D eigenvalue weighted by molar-refractivity contribution is 5.78. The molecule has 0 aliphatic carbocycles. The van der Waals surface area contributed by atoms with Gasteiger partial charge < -0.3 is 19.6 Å². The Morgan fingerprint density at radius 1 is 1.56 bits per heavy atom. The minimum Gasteiger partial charge on any atom is -0.481 e. The predicted molar refractivity (Wildman–Crippen MR) is 66.4 cm³/mol. The molecule has 1 rings (SSSR count). The Hall–Kier alpha value is -1.14. The molecule has 1 fully saturated rings. The lowest BCUT2D eigenvalue weighted by molar-refractivity contribution is -0.150. The van der Waals surface area contributed by atoms with Crippen molar-refractivity contribution >= 4 is 11.9 Å². The zero-order chi connectivity index (χ0) is 13.5. The van der Waals surface area contributed by atoms with E-state index in [0.717, 1.165) is 13.0 Å². The summed E-state index contributed by atoms with van der Waals surface area (Å²) in [6.45, 7) is 2.24. The first-order valence-electron chi connectivity index (χ1n) is 6.25. The van der Waals surface area contributed by atoms with E-state index in [9.17, 15) is 9.59 Å². The number of aliphatic carboxylic acids is 1. The highest BCUT2D eigenvalue weighted by atomic mass is 16.5. The van der Waals surface area contributed by atoms with Gasteiger partial charge in [0.05, 0.1) is 6.10 Å². The molecule has 1 atom stereocenters. The molecule has 1 N–H and O–H groups in total. The second-order valence-electron chi connectivity index (χ2n) is 4.86. The van der Waals surface area contributed by atoms with Gasteiger partial charge in [-0.3, -0.25) is 9.59 Å². The van der Waals surface area contributed by atoms with Crippen molar-refractivity contribution in [1.82, 2.24) is 9.80 Å². The summed E-state index contributed by atoms with van der Waals surface area (Å²) in [4.78, 5) is 26.0. The molecule has 104 valence electrons. The second-order valence-corrected chi connectivity index (χ2v) is 4.86. The maximum Gasteiger partial charge on any atom is 0.303 e. The number of rotatable bonds is 7. The van der Waals surface area contributed by atoms with E-state index in [4.69, 9.17) is 9.84 Å². The first kappa shape index (κ1) is 14.9. The van der Waals surface area contributed by atoms with Crippen LogP contribution >= 0.6 is 0 Å². The maximum atomic E-state index is 11.6. The van der Waals surface area contributed by atoms with Crippen molar-refractivity contribution in [3.05, 3.63) is 0 Å². The van der Waals surface area contributed by atoms with Crippen LogP contribution in [0.3, 0.4) is 0 Å². The number of carboxylic acids is 1. The second kappa shape index (κ2) is 7.33. The zero-order valence-electron chi connectivity index (χ0n) is 11.1. The molecule has 1 aliphatic heterocycles. The molecule has 0 saturated carbocycles. The minimum atomic E-state index is -0.824. The van der Waals surface area contributed by atoms with Crippen molar-refractivity contribution in [2.75, 3.05) is 40.3 Å². The third-order valence-corrected chi connectivity index (χ3v) is 2.93. The van der Waals surface area contributed by atoms with Crippen molar-refractivity contribution in [3.8, 4) is 0 Å². The molecule has 1 saturated heterocycles. The number of carbonyl (C=O) groups is 2. The van der Waals surface area contributed by atoms with E-state index >= 15 is 0 Å². The van der Waals surface area contributed by atoms with Crippen molar-refractivity contribution in [2.24, 2.45) is 0 Å². The summed E-state index contributed by atoms with van der Waals surface area (Å²) in [6, 6.07) is 0. The number of carboxylic acid groups (broad SMARTS) is 1. The smallest absolute Gasteiger partial charge is 0.303 e. The summed E-state index contributed by atoms with van der Waals surface area (Å²) < 4.78 is 5.33. The van der Waals surface area contributed by atoms with Crippen molar-refractivity contribution < 1.29 is 19.4 Å². The van der Waals surface area contributed by atoms with E-state index in [2.05, 4.69) is 4.90 Å². The van der Waals surface area contributed by atoms with E-state index in [0.29, 0.717) is 19.5 Å². The Balaban J connectivity index is 2.31. The molecule has 0 aromatic carbocycles. The summed E-state index contributed by atoms with van der Waals surface area (Å²) in [5.41, 5.74) is 0. The molecule has 6 heteroatoms. The first-order chi connectivity index (χ1) is 8.49. The molecule has 18 heavy (non-hydrogen) atoms. The van der Waals surface area contributed by atoms with Gasteiger partial charge in [0.15, 0.2) is 0 Å². The fourth-order valence-electron chi connectivity index (χ4n) is 1.93. The molecule has 1 amide bonds. The molecule has 1 unspecified atom stereocenters. The Morgan fingerprint density at radius 2 is 2.28 bits per heavy atom. The molecule has 0 spiro atoms. The van der Waals surface area contributed by atoms with Gasteiger partial charge in [-0.2, -0.15) is 0 Å². The third kappa shape index (κ3) is 5.46. The number of nitrogens with zero attached hydrogens (tertiary/aromatic N) is 2. The van der Waals surface area contributed by atoms with Gasteiger partial charge in [0.2, 0.25) is 5.91 Å². The molecule has 0 aromatic heterocycles. The SMILES string of the molecule is CN(C)CCCN1CC(CCC(=O)O)OCC1=O. The van der Waals surface area contributed by atoms with Gasteiger partial charge in [-0.05, 0) is 33.5 Å². The summed E-state index contributed by atoms with van der Waals surface area (Å²) >= 11 is 0.